The zero-order valence-electron chi connectivity index (χ0n) is 11.5. The Bertz CT molecular complexity index is 595. The average Bonchev–Trinajstić information content (AvgIpc) is 2.46. The van der Waals surface area contributed by atoms with E-state index in [4.69, 9.17) is 5.73 Å². The van der Waals surface area contributed by atoms with Gasteiger partial charge in [0.05, 0.1) is 0 Å². The van der Waals surface area contributed by atoms with Crippen LogP contribution < -0.4 is 16.0 Å². The molecule has 104 valence electrons. The van der Waals surface area contributed by atoms with E-state index >= 15 is 0 Å². The summed E-state index contributed by atoms with van der Waals surface area (Å²) in [4.78, 5) is 21.4. The molecule has 0 radical (unpaired) electrons. The van der Waals surface area contributed by atoms with Crippen molar-refractivity contribution in [3.63, 3.8) is 0 Å². The Labute approximate surface area is 117 Å². The molecule has 0 fully saturated rings. The second-order valence-electron chi connectivity index (χ2n) is 4.55. The lowest BCUT2D eigenvalue weighted by molar-refractivity contribution is 0.100. The minimum Gasteiger partial charge on any atom is -0.366 e. The number of rotatable bonds is 5. The zero-order valence-corrected chi connectivity index (χ0v) is 11.5. The van der Waals surface area contributed by atoms with Crippen LogP contribution >= 0.6 is 0 Å². The van der Waals surface area contributed by atoms with E-state index in [-0.39, 0.29) is 0 Å². The van der Waals surface area contributed by atoms with Crippen LogP contribution in [0, 0.1) is 0 Å². The minimum atomic E-state index is -0.425. The number of aromatic nitrogens is 2. The van der Waals surface area contributed by atoms with Gasteiger partial charge in [0, 0.05) is 32.4 Å². The number of hydrogen-bond donors (Lipinski definition) is 2. The Balaban J connectivity index is 2.01. The summed E-state index contributed by atoms with van der Waals surface area (Å²) >= 11 is 0. The van der Waals surface area contributed by atoms with Crippen LogP contribution in [0.3, 0.4) is 0 Å². The number of nitrogens with one attached hydrogen (secondary N) is 1. The van der Waals surface area contributed by atoms with Gasteiger partial charge in [-0.1, -0.05) is 12.1 Å². The number of nitrogens with two attached hydrogens (primary N) is 1. The van der Waals surface area contributed by atoms with Crippen LogP contribution in [-0.2, 0) is 6.54 Å². The molecule has 0 saturated carbocycles. The molecule has 20 heavy (non-hydrogen) atoms. The summed E-state index contributed by atoms with van der Waals surface area (Å²) in [7, 11) is 3.85. The van der Waals surface area contributed by atoms with E-state index in [9.17, 15) is 4.79 Å². The number of hydrogen-bond acceptors (Lipinski definition) is 5. The molecule has 0 bridgehead atoms. The van der Waals surface area contributed by atoms with Gasteiger partial charge in [0.15, 0.2) is 0 Å². The molecule has 3 N–H and O–H groups in total. The lowest BCUT2D eigenvalue weighted by atomic mass is 10.1. The third-order valence-corrected chi connectivity index (χ3v) is 2.79. The van der Waals surface area contributed by atoms with Crippen molar-refractivity contribution in [2.24, 2.45) is 5.73 Å². The number of carbonyl (C=O) groups excluding carboxylic acids is 1. The molecule has 0 aliphatic carbocycles. The molecule has 1 aromatic carbocycles. The lowest BCUT2D eigenvalue weighted by Gasteiger charge is -2.12. The van der Waals surface area contributed by atoms with Gasteiger partial charge < -0.3 is 16.0 Å². The zero-order chi connectivity index (χ0) is 14.5. The highest BCUT2D eigenvalue weighted by Crippen LogP contribution is 2.10. The van der Waals surface area contributed by atoms with E-state index in [1.54, 1.807) is 18.3 Å². The second-order valence-corrected chi connectivity index (χ2v) is 4.55. The predicted molar refractivity (Wildman–Crippen MR) is 78.6 cm³/mol. The summed E-state index contributed by atoms with van der Waals surface area (Å²) in [5.74, 6) is 0.980. The van der Waals surface area contributed by atoms with Crippen LogP contribution in [0.25, 0.3) is 0 Å². The second kappa shape index (κ2) is 6.01. The molecule has 2 aromatic rings. The van der Waals surface area contributed by atoms with E-state index in [1.165, 1.54) is 0 Å². The van der Waals surface area contributed by atoms with E-state index in [1.807, 2.05) is 37.2 Å². The standard InChI is InChI=1S/C14H17N5O/c1-19(2)12-7-8-16-14(18-12)17-9-10-3-5-11(6-4-10)13(15)20/h3-8H,9H2,1-2H3,(H2,15,20)(H,16,17,18). The number of amides is 1. The number of carbonyl (C=O) groups is 1. The van der Waals surface area contributed by atoms with E-state index in [0.717, 1.165) is 11.4 Å². The molecule has 6 heteroatoms. The van der Waals surface area contributed by atoms with E-state index in [2.05, 4.69) is 15.3 Å². The van der Waals surface area contributed by atoms with E-state index < -0.39 is 5.91 Å². The maximum Gasteiger partial charge on any atom is 0.248 e. The summed E-state index contributed by atoms with van der Waals surface area (Å²) in [6.07, 6.45) is 1.71. The first-order valence-corrected chi connectivity index (χ1v) is 6.19. The molecule has 0 spiro atoms. The summed E-state index contributed by atoms with van der Waals surface area (Å²) in [5.41, 5.74) is 6.72. The first kappa shape index (κ1) is 13.8. The van der Waals surface area contributed by atoms with Crippen LogP contribution in [0.2, 0.25) is 0 Å². The molecule has 0 aliphatic heterocycles. The van der Waals surface area contributed by atoms with Crippen molar-refractivity contribution in [3.05, 3.63) is 47.7 Å². The predicted octanol–water partition coefficient (Wildman–Crippen LogP) is 1.25. The first-order valence-electron chi connectivity index (χ1n) is 6.19. The maximum atomic E-state index is 11.0. The van der Waals surface area contributed by atoms with Gasteiger partial charge in [0.1, 0.15) is 5.82 Å². The van der Waals surface area contributed by atoms with Gasteiger partial charge in [0.25, 0.3) is 0 Å². The topological polar surface area (TPSA) is 84.1 Å². The normalized spacial score (nSPS) is 10.1. The summed E-state index contributed by atoms with van der Waals surface area (Å²) in [6, 6.07) is 8.95. The van der Waals surface area contributed by atoms with Gasteiger partial charge in [0.2, 0.25) is 11.9 Å². The fourth-order valence-corrected chi connectivity index (χ4v) is 1.65. The van der Waals surface area contributed by atoms with Crippen molar-refractivity contribution in [3.8, 4) is 0 Å². The van der Waals surface area contributed by atoms with Crippen molar-refractivity contribution >= 4 is 17.7 Å². The SMILES string of the molecule is CN(C)c1ccnc(NCc2ccc(C(N)=O)cc2)n1. The van der Waals surface area contributed by atoms with Gasteiger partial charge in [-0.05, 0) is 23.8 Å². The van der Waals surface area contributed by atoms with Crippen molar-refractivity contribution in [2.75, 3.05) is 24.3 Å². The third-order valence-electron chi connectivity index (χ3n) is 2.79. The molecular formula is C14H17N5O. The molecule has 0 saturated heterocycles. The van der Waals surface area contributed by atoms with Gasteiger partial charge in [-0.25, -0.2) is 4.98 Å². The van der Waals surface area contributed by atoms with Crippen LogP contribution in [0.15, 0.2) is 36.5 Å². The Hall–Kier alpha value is -2.63. The summed E-state index contributed by atoms with van der Waals surface area (Å²) in [6.45, 7) is 0.579. The van der Waals surface area contributed by atoms with Gasteiger partial charge in [-0.2, -0.15) is 4.98 Å². The van der Waals surface area contributed by atoms with Crippen LogP contribution in [0.4, 0.5) is 11.8 Å². The average molecular weight is 271 g/mol. The van der Waals surface area contributed by atoms with Crippen molar-refractivity contribution in [1.82, 2.24) is 9.97 Å². The summed E-state index contributed by atoms with van der Waals surface area (Å²) < 4.78 is 0. The Morgan fingerprint density at radius 1 is 1.25 bits per heavy atom. The molecule has 0 atom stereocenters. The molecule has 2 rings (SSSR count). The first-order chi connectivity index (χ1) is 9.56. The number of nitrogens with zero attached hydrogens (tertiary/aromatic N) is 3. The van der Waals surface area contributed by atoms with E-state index in [0.29, 0.717) is 18.1 Å². The number of benzene rings is 1. The van der Waals surface area contributed by atoms with Crippen LogP contribution in [-0.4, -0.2) is 30.0 Å². The highest BCUT2D eigenvalue weighted by Gasteiger charge is 2.02. The van der Waals surface area contributed by atoms with Crippen molar-refractivity contribution in [2.45, 2.75) is 6.54 Å². The van der Waals surface area contributed by atoms with Gasteiger partial charge in [-0.15, -0.1) is 0 Å². The highest BCUT2D eigenvalue weighted by atomic mass is 16.1. The number of anilines is 2. The molecule has 1 heterocycles. The Kier molecular flexibility index (Phi) is 4.14. The minimum absolute atomic E-state index is 0.425. The fourth-order valence-electron chi connectivity index (χ4n) is 1.65. The summed E-state index contributed by atoms with van der Waals surface area (Å²) in [5, 5.41) is 3.14. The van der Waals surface area contributed by atoms with Gasteiger partial charge in [-0.3, -0.25) is 4.79 Å². The third kappa shape index (κ3) is 3.44. The highest BCUT2D eigenvalue weighted by molar-refractivity contribution is 5.92. The molecule has 1 amide bonds. The van der Waals surface area contributed by atoms with Crippen molar-refractivity contribution < 1.29 is 4.79 Å². The fraction of sp³-hybridized carbons (Fsp3) is 0.214. The quantitative estimate of drug-likeness (QED) is 0.855. The lowest BCUT2D eigenvalue weighted by Crippen LogP contribution is -2.13. The maximum absolute atomic E-state index is 11.0. The molecule has 0 unspecified atom stereocenters. The molecule has 6 nitrogen and oxygen atoms in total. The molecule has 0 aliphatic rings. The number of primary amides is 1. The Morgan fingerprint density at radius 2 is 1.95 bits per heavy atom. The van der Waals surface area contributed by atoms with Gasteiger partial charge >= 0.3 is 0 Å². The molecule has 1 aromatic heterocycles. The molecular weight excluding hydrogens is 254 g/mol. The monoisotopic (exact) mass is 271 g/mol. The van der Waals surface area contributed by atoms with Crippen LogP contribution in [0.1, 0.15) is 15.9 Å². The largest absolute Gasteiger partial charge is 0.366 e. The smallest absolute Gasteiger partial charge is 0.248 e. The van der Waals surface area contributed by atoms with Crippen molar-refractivity contribution in [1.29, 1.82) is 0 Å². The van der Waals surface area contributed by atoms with Crippen LogP contribution in [0.5, 0.6) is 0 Å². The Morgan fingerprint density at radius 3 is 2.55 bits per heavy atom.